The highest BCUT2D eigenvalue weighted by Gasteiger charge is 2.75. The number of nitrogens with zero attached hydrogens (tertiary/aromatic N) is 1. The van der Waals surface area contributed by atoms with Crippen LogP contribution in [0.1, 0.15) is 59.3 Å². The number of fused-ring (bicyclic) bond motifs is 8. The molecular formula is C34H39NO5S. The van der Waals surface area contributed by atoms with Crippen LogP contribution in [-0.2, 0) is 19.1 Å². The maximum atomic E-state index is 14.5. The number of rotatable bonds is 6. The molecule has 4 fully saturated rings. The topological polar surface area (TPSA) is 85.7 Å². The van der Waals surface area contributed by atoms with E-state index in [1.54, 1.807) is 12.2 Å². The van der Waals surface area contributed by atoms with E-state index < -0.39 is 23.4 Å². The number of benzene rings is 1. The van der Waals surface area contributed by atoms with Crippen LogP contribution < -0.4 is 0 Å². The Labute approximate surface area is 246 Å². The maximum absolute atomic E-state index is 14.5. The quantitative estimate of drug-likeness (QED) is 0.420. The van der Waals surface area contributed by atoms with Crippen molar-refractivity contribution in [2.24, 2.45) is 28.6 Å². The first-order chi connectivity index (χ1) is 19.7. The fraction of sp³-hybridized carbons (Fsp3) is 0.559. The Morgan fingerprint density at radius 1 is 1.20 bits per heavy atom. The number of ether oxygens (including phenoxy) is 2. The number of para-hydroxylation sites is 1. The predicted molar refractivity (Wildman–Crippen MR) is 158 cm³/mol. The van der Waals surface area contributed by atoms with Gasteiger partial charge >= 0.3 is 0 Å². The summed E-state index contributed by atoms with van der Waals surface area (Å²) in [6.07, 6.45) is 8.75. The number of carbonyl (C=O) groups excluding carboxylic acids is 2. The third kappa shape index (κ3) is 3.99. The van der Waals surface area contributed by atoms with Crippen LogP contribution in [0.5, 0.6) is 0 Å². The van der Waals surface area contributed by atoms with Gasteiger partial charge in [-0.3, -0.25) is 9.59 Å². The molecule has 7 rings (SSSR count). The van der Waals surface area contributed by atoms with Gasteiger partial charge in [0.25, 0.3) is 0 Å². The van der Waals surface area contributed by atoms with Gasteiger partial charge in [0.15, 0.2) is 23.5 Å². The zero-order chi connectivity index (χ0) is 28.6. The Hall–Kier alpha value is -2.32. The van der Waals surface area contributed by atoms with Crippen molar-refractivity contribution in [2.45, 2.75) is 88.4 Å². The fourth-order valence-electron chi connectivity index (χ4n) is 9.38. The highest BCUT2D eigenvalue weighted by atomic mass is 32.2. The molecule has 2 aromatic rings. The van der Waals surface area contributed by atoms with Crippen LogP contribution in [0.25, 0.3) is 10.9 Å². The Morgan fingerprint density at radius 2 is 2.02 bits per heavy atom. The lowest BCUT2D eigenvalue weighted by atomic mass is 9.46. The van der Waals surface area contributed by atoms with E-state index in [0.717, 1.165) is 53.6 Å². The van der Waals surface area contributed by atoms with Crippen LogP contribution in [0, 0.1) is 28.6 Å². The SMILES string of the molecule is CCC[C@@H]1O[C@H]2CC3C4CCC5=CC(=O)C=CC5(C)C4[C@@H](O)CC3(C)[C@]2(C(=O)CSc2ccc3ccccc3n2)O1. The fourth-order valence-corrected chi connectivity index (χ4v) is 10.2. The number of pyridine rings is 1. The predicted octanol–water partition coefficient (Wildman–Crippen LogP) is 6.07. The van der Waals surface area contributed by atoms with Crippen molar-refractivity contribution in [3.63, 3.8) is 0 Å². The summed E-state index contributed by atoms with van der Waals surface area (Å²) in [4.78, 5) is 31.5. The molecule has 1 aliphatic heterocycles. The second kappa shape index (κ2) is 9.87. The van der Waals surface area contributed by atoms with Gasteiger partial charge in [0.2, 0.25) is 0 Å². The van der Waals surface area contributed by atoms with Gasteiger partial charge in [-0.15, -0.1) is 0 Å². The molecule has 7 heteroatoms. The molecule has 3 saturated carbocycles. The summed E-state index contributed by atoms with van der Waals surface area (Å²) >= 11 is 1.46. The van der Waals surface area contributed by atoms with Crippen molar-refractivity contribution >= 4 is 34.2 Å². The number of thioether (sulfide) groups is 1. The van der Waals surface area contributed by atoms with E-state index in [1.807, 2.05) is 42.5 Å². The summed E-state index contributed by atoms with van der Waals surface area (Å²) in [6, 6.07) is 12.0. The summed E-state index contributed by atoms with van der Waals surface area (Å²) in [5, 5.41) is 13.8. The van der Waals surface area contributed by atoms with Gasteiger partial charge in [-0.05, 0) is 68.2 Å². The monoisotopic (exact) mass is 573 g/mol. The second-order valence-electron chi connectivity index (χ2n) is 13.2. The molecule has 0 amide bonds. The van der Waals surface area contributed by atoms with Crippen LogP contribution in [0.4, 0.5) is 0 Å². The molecule has 0 radical (unpaired) electrons. The molecule has 9 atom stereocenters. The van der Waals surface area contributed by atoms with Crippen molar-refractivity contribution in [1.29, 1.82) is 0 Å². The highest BCUT2D eigenvalue weighted by molar-refractivity contribution is 7.99. The van der Waals surface area contributed by atoms with E-state index in [4.69, 9.17) is 14.5 Å². The third-order valence-corrected chi connectivity index (χ3v) is 12.1. The van der Waals surface area contributed by atoms with E-state index in [9.17, 15) is 14.7 Å². The summed E-state index contributed by atoms with van der Waals surface area (Å²) in [6.45, 7) is 6.46. The Balaban J connectivity index is 1.21. The minimum absolute atomic E-state index is 0.00137. The zero-order valence-electron chi connectivity index (χ0n) is 24.0. The van der Waals surface area contributed by atoms with Gasteiger partial charge < -0.3 is 14.6 Å². The van der Waals surface area contributed by atoms with E-state index in [0.29, 0.717) is 6.42 Å². The summed E-state index contributed by atoms with van der Waals surface area (Å²) in [5.74, 6) is 0.715. The highest BCUT2D eigenvalue weighted by Crippen LogP contribution is 2.69. The molecule has 2 heterocycles. The lowest BCUT2D eigenvalue weighted by molar-refractivity contribution is -0.197. The summed E-state index contributed by atoms with van der Waals surface area (Å²) in [7, 11) is 0. The zero-order valence-corrected chi connectivity index (χ0v) is 24.9. The molecule has 4 aliphatic carbocycles. The molecule has 1 N–H and O–H groups in total. The molecule has 216 valence electrons. The van der Waals surface area contributed by atoms with Crippen LogP contribution in [-0.4, -0.2) is 51.5 Å². The van der Waals surface area contributed by atoms with E-state index in [-0.39, 0.29) is 46.6 Å². The Morgan fingerprint density at radius 3 is 2.85 bits per heavy atom. The largest absolute Gasteiger partial charge is 0.393 e. The van der Waals surface area contributed by atoms with E-state index in [2.05, 4.69) is 20.8 Å². The summed E-state index contributed by atoms with van der Waals surface area (Å²) in [5.41, 5.74) is 0.0457. The molecule has 1 saturated heterocycles. The lowest BCUT2D eigenvalue weighted by Gasteiger charge is -2.59. The number of hydrogen-bond acceptors (Lipinski definition) is 7. The molecule has 6 nitrogen and oxygen atoms in total. The first-order valence-electron chi connectivity index (χ1n) is 15.2. The molecule has 41 heavy (non-hydrogen) atoms. The number of aromatic nitrogens is 1. The van der Waals surface area contributed by atoms with Crippen LogP contribution in [0.3, 0.4) is 0 Å². The van der Waals surface area contributed by atoms with Gasteiger partial charge in [-0.25, -0.2) is 4.98 Å². The summed E-state index contributed by atoms with van der Waals surface area (Å²) < 4.78 is 13.4. The average molecular weight is 574 g/mol. The van der Waals surface area contributed by atoms with Gasteiger partial charge in [-0.2, -0.15) is 0 Å². The van der Waals surface area contributed by atoms with Crippen molar-refractivity contribution in [3.05, 3.63) is 60.2 Å². The maximum Gasteiger partial charge on any atom is 0.178 e. The first-order valence-corrected chi connectivity index (χ1v) is 16.2. The van der Waals surface area contributed by atoms with Gasteiger partial charge in [0.1, 0.15) is 0 Å². The minimum Gasteiger partial charge on any atom is -0.393 e. The molecule has 1 aromatic heterocycles. The van der Waals surface area contributed by atoms with E-state index >= 15 is 0 Å². The number of ketones is 2. The number of aliphatic hydroxyl groups excluding tert-OH is 1. The van der Waals surface area contributed by atoms with Gasteiger partial charge in [-0.1, -0.05) is 74.9 Å². The number of allylic oxidation sites excluding steroid dienone is 4. The third-order valence-electron chi connectivity index (χ3n) is 11.2. The molecule has 5 unspecified atom stereocenters. The van der Waals surface area contributed by atoms with Crippen LogP contribution in [0.15, 0.2) is 65.2 Å². The van der Waals surface area contributed by atoms with Gasteiger partial charge in [0.05, 0.1) is 28.5 Å². The molecule has 0 spiro atoms. The normalized spacial score (nSPS) is 41.0. The van der Waals surface area contributed by atoms with Crippen molar-refractivity contribution in [1.82, 2.24) is 4.98 Å². The Kier molecular flexibility index (Phi) is 6.62. The lowest BCUT2D eigenvalue weighted by Crippen LogP contribution is -2.63. The second-order valence-corrected chi connectivity index (χ2v) is 14.2. The number of Topliss-reactive ketones (excluding diaryl/α,β-unsaturated/α-hetero) is 1. The Bertz CT molecular complexity index is 1470. The smallest absolute Gasteiger partial charge is 0.178 e. The van der Waals surface area contributed by atoms with Crippen molar-refractivity contribution in [3.8, 4) is 0 Å². The minimum atomic E-state index is -1.09. The van der Waals surface area contributed by atoms with Crippen LogP contribution >= 0.6 is 11.8 Å². The molecular weight excluding hydrogens is 534 g/mol. The van der Waals surface area contributed by atoms with E-state index in [1.165, 1.54) is 11.8 Å². The average Bonchev–Trinajstić information content (AvgIpc) is 3.44. The van der Waals surface area contributed by atoms with Crippen molar-refractivity contribution < 1.29 is 24.2 Å². The number of aliphatic hydroxyl groups is 1. The molecule has 0 bridgehead atoms. The van der Waals surface area contributed by atoms with Crippen LogP contribution in [0.2, 0.25) is 0 Å². The van der Waals surface area contributed by atoms with Crippen molar-refractivity contribution in [2.75, 3.05) is 5.75 Å². The van der Waals surface area contributed by atoms with Gasteiger partial charge in [0, 0.05) is 22.1 Å². The molecule has 1 aromatic carbocycles. The number of carbonyl (C=O) groups is 2. The standard InChI is InChI=1S/C34H39NO5S/c1-4-7-30-39-28-17-24-23-12-11-21-16-22(36)14-15-32(21,2)31(23)26(37)18-33(24,3)34(28,40-30)27(38)19-41-29-13-10-20-8-5-6-9-25(20)35-29/h5-6,8-10,13-16,23-24,26,28,30-31,37H,4,7,11-12,17-19H2,1-3H3/t23?,24?,26-,28-,30+,31?,32?,33?,34+/m0/s1. The molecule has 5 aliphatic rings. The first kappa shape index (κ1) is 27.5. The number of hydrogen-bond donors (Lipinski definition) is 1.